The SMILES string of the molecule is Cl.O=C(O)[C@H](CO)NCc1cccc(-c2nnc(-c3cccc(-c4ccccc4)c3Cl)o2)c1. The minimum absolute atomic E-state index is 0. The second-order valence-corrected chi connectivity index (χ2v) is 7.48. The summed E-state index contributed by atoms with van der Waals surface area (Å²) in [5.41, 5.74) is 3.99. The molecule has 4 aromatic rings. The van der Waals surface area contributed by atoms with E-state index in [0.717, 1.165) is 16.7 Å². The zero-order chi connectivity index (χ0) is 22.5. The van der Waals surface area contributed by atoms with Gasteiger partial charge in [0.2, 0.25) is 11.8 Å². The topological polar surface area (TPSA) is 108 Å². The van der Waals surface area contributed by atoms with Crippen LogP contribution in [0.5, 0.6) is 0 Å². The number of aliphatic hydroxyl groups is 1. The third-order valence-corrected chi connectivity index (χ3v) is 5.35. The predicted molar refractivity (Wildman–Crippen MR) is 128 cm³/mol. The van der Waals surface area contributed by atoms with Crippen LogP contribution in [0, 0.1) is 0 Å². The first-order valence-corrected chi connectivity index (χ1v) is 10.3. The van der Waals surface area contributed by atoms with Crippen molar-refractivity contribution in [3.8, 4) is 34.0 Å². The molecule has 7 nitrogen and oxygen atoms in total. The molecule has 0 fully saturated rings. The fourth-order valence-electron chi connectivity index (χ4n) is 3.27. The molecule has 1 atom stereocenters. The molecule has 0 saturated carbocycles. The van der Waals surface area contributed by atoms with Gasteiger partial charge in [-0.2, -0.15) is 0 Å². The first kappa shape index (κ1) is 24.4. The van der Waals surface area contributed by atoms with E-state index in [4.69, 9.17) is 26.2 Å². The van der Waals surface area contributed by atoms with Gasteiger partial charge in [0.1, 0.15) is 6.04 Å². The quantitative estimate of drug-likeness (QED) is 0.332. The van der Waals surface area contributed by atoms with Crippen LogP contribution >= 0.6 is 24.0 Å². The van der Waals surface area contributed by atoms with Crippen LogP contribution < -0.4 is 5.32 Å². The molecule has 0 bridgehead atoms. The number of aromatic nitrogens is 2. The van der Waals surface area contributed by atoms with E-state index < -0.39 is 18.6 Å². The average molecular weight is 486 g/mol. The van der Waals surface area contributed by atoms with Crippen molar-refractivity contribution in [2.45, 2.75) is 12.6 Å². The Balaban J connectivity index is 0.00000306. The summed E-state index contributed by atoms with van der Waals surface area (Å²) in [5, 5.41) is 29.8. The van der Waals surface area contributed by atoms with E-state index in [-0.39, 0.29) is 19.0 Å². The zero-order valence-electron chi connectivity index (χ0n) is 17.3. The number of carbonyl (C=O) groups is 1. The van der Waals surface area contributed by atoms with Gasteiger partial charge in [-0.05, 0) is 29.3 Å². The number of aliphatic carboxylic acids is 1. The lowest BCUT2D eigenvalue weighted by molar-refractivity contribution is -0.140. The lowest BCUT2D eigenvalue weighted by atomic mass is 10.0. The van der Waals surface area contributed by atoms with Crippen LogP contribution in [0.2, 0.25) is 5.02 Å². The molecule has 0 amide bonds. The minimum Gasteiger partial charge on any atom is -0.480 e. The summed E-state index contributed by atoms with van der Waals surface area (Å²) < 4.78 is 5.91. The first-order valence-electron chi connectivity index (χ1n) is 9.91. The molecule has 0 aliphatic carbocycles. The number of carboxylic acids is 1. The second-order valence-electron chi connectivity index (χ2n) is 7.10. The lowest BCUT2D eigenvalue weighted by Gasteiger charge is -2.11. The minimum atomic E-state index is -1.11. The Morgan fingerprint density at radius 2 is 1.61 bits per heavy atom. The van der Waals surface area contributed by atoms with Crippen LogP contribution in [0.3, 0.4) is 0 Å². The van der Waals surface area contributed by atoms with E-state index in [1.165, 1.54) is 0 Å². The molecule has 0 saturated heterocycles. The molecule has 1 aromatic heterocycles. The van der Waals surface area contributed by atoms with Crippen molar-refractivity contribution in [1.29, 1.82) is 0 Å². The van der Waals surface area contributed by atoms with Crippen molar-refractivity contribution in [1.82, 2.24) is 15.5 Å². The highest BCUT2D eigenvalue weighted by molar-refractivity contribution is 6.35. The maximum Gasteiger partial charge on any atom is 0.323 e. The van der Waals surface area contributed by atoms with Gasteiger partial charge in [0.15, 0.2) is 0 Å². The lowest BCUT2D eigenvalue weighted by Crippen LogP contribution is -2.39. The molecule has 0 aliphatic rings. The van der Waals surface area contributed by atoms with E-state index in [9.17, 15) is 4.79 Å². The smallest absolute Gasteiger partial charge is 0.323 e. The van der Waals surface area contributed by atoms with E-state index in [1.807, 2.05) is 72.8 Å². The Labute approximate surface area is 201 Å². The highest BCUT2D eigenvalue weighted by Gasteiger charge is 2.17. The second kappa shape index (κ2) is 11.1. The van der Waals surface area contributed by atoms with Crippen LogP contribution in [0.25, 0.3) is 34.0 Å². The Bertz CT molecular complexity index is 1230. The maximum atomic E-state index is 11.1. The van der Waals surface area contributed by atoms with Crippen LogP contribution in [0.4, 0.5) is 0 Å². The Hall–Kier alpha value is -3.23. The van der Waals surface area contributed by atoms with Gasteiger partial charge in [0.25, 0.3) is 0 Å². The highest BCUT2D eigenvalue weighted by Crippen LogP contribution is 2.36. The Morgan fingerprint density at radius 1 is 0.939 bits per heavy atom. The number of carboxylic acid groups (broad SMARTS) is 1. The summed E-state index contributed by atoms with van der Waals surface area (Å²) >= 11 is 6.66. The fourth-order valence-corrected chi connectivity index (χ4v) is 3.59. The van der Waals surface area contributed by atoms with E-state index in [2.05, 4.69) is 15.5 Å². The van der Waals surface area contributed by atoms with Gasteiger partial charge in [0, 0.05) is 17.7 Å². The first-order chi connectivity index (χ1) is 15.6. The normalized spacial score (nSPS) is 11.6. The largest absolute Gasteiger partial charge is 0.480 e. The van der Waals surface area contributed by atoms with Crippen molar-refractivity contribution in [2.75, 3.05) is 6.61 Å². The summed E-state index contributed by atoms with van der Waals surface area (Å²) in [6.45, 7) is -0.234. The molecule has 0 radical (unpaired) electrons. The van der Waals surface area contributed by atoms with E-state index in [1.54, 1.807) is 0 Å². The highest BCUT2D eigenvalue weighted by atomic mass is 35.5. The van der Waals surface area contributed by atoms with Crippen molar-refractivity contribution in [2.24, 2.45) is 0 Å². The summed E-state index contributed by atoms with van der Waals surface area (Å²) in [6.07, 6.45) is 0. The third kappa shape index (κ3) is 5.58. The number of aliphatic hydroxyl groups excluding tert-OH is 1. The molecule has 3 N–H and O–H groups in total. The molecular formula is C24H21Cl2N3O4. The van der Waals surface area contributed by atoms with Crippen LogP contribution in [0.15, 0.2) is 77.2 Å². The van der Waals surface area contributed by atoms with E-state index in [0.29, 0.717) is 27.9 Å². The van der Waals surface area contributed by atoms with E-state index >= 15 is 0 Å². The van der Waals surface area contributed by atoms with Gasteiger partial charge < -0.3 is 14.6 Å². The van der Waals surface area contributed by atoms with Crippen molar-refractivity contribution in [3.05, 3.63) is 83.4 Å². The van der Waals surface area contributed by atoms with Gasteiger partial charge in [-0.3, -0.25) is 10.1 Å². The van der Waals surface area contributed by atoms with Crippen LogP contribution in [0.1, 0.15) is 5.56 Å². The number of halogens is 2. The summed E-state index contributed by atoms with van der Waals surface area (Å²) in [5.74, 6) is -0.489. The maximum absolute atomic E-state index is 11.1. The molecule has 1 heterocycles. The number of nitrogens with one attached hydrogen (secondary N) is 1. The fraction of sp³-hybridized carbons (Fsp3) is 0.125. The number of hydrogen-bond acceptors (Lipinski definition) is 6. The molecular weight excluding hydrogens is 465 g/mol. The standard InChI is InChI=1S/C24H20ClN3O4.ClH/c25-21-18(16-7-2-1-3-8-16)10-5-11-19(21)23-28-27-22(32-23)17-9-4-6-15(12-17)13-26-20(14-29)24(30)31;/h1-12,20,26,29H,13-14H2,(H,30,31);1H/t20-;/m0./s1. The molecule has 9 heteroatoms. The number of rotatable bonds is 8. The van der Waals surface area contributed by atoms with Crippen LogP contribution in [-0.2, 0) is 11.3 Å². The molecule has 3 aromatic carbocycles. The molecule has 0 unspecified atom stereocenters. The molecule has 0 spiro atoms. The zero-order valence-corrected chi connectivity index (χ0v) is 18.9. The number of nitrogens with zero attached hydrogens (tertiary/aromatic N) is 2. The van der Waals surface area contributed by atoms with Crippen molar-refractivity contribution < 1.29 is 19.4 Å². The molecule has 33 heavy (non-hydrogen) atoms. The van der Waals surface area contributed by atoms with Crippen molar-refractivity contribution in [3.63, 3.8) is 0 Å². The number of benzene rings is 3. The number of hydrogen-bond donors (Lipinski definition) is 3. The average Bonchev–Trinajstić information content (AvgIpc) is 3.30. The third-order valence-electron chi connectivity index (χ3n) is 4.95. The van der Waals surface area contributed by atoms with Gasteiger partial charge in [-0.15, -0.1) is 22.6 Å². The van der Waals surface area contributed by atoms with Gasteiger partial charge >= 0.3 is 5.97 Å². The monoisotopic (exact) mass is 485 g/mol. The van der Waals surface area contributed by atoms with Crippen LogP contribution in [-0.4, -0.2) is 39.0 Å². The molecule has 0 aliphatic heterocycles. The summed E-state index contributed by atoms with van der Waals surface area (Å²) in [4.78, 5) is 11.1. The van der Waals surface area contributed by atoms with Gasteiger partial charge in [-0.1, -0.05) is 66.2 Å². The predicted octanol–water partition coefficient (Wildman–Crippen LogP) is 4.68. The van der Waals surface area contributed by atoms with Crippen molar-refractivity contribution >= 4 is 30.0 Å². The van der Waals surface area contributed by atoms with Gasteiger partial charge in [0.05, 0.1) is 17.2 Å². The summed E-state index contributed by atoms with van der Waals surface area (Å²) in [7, 11) is 0. The Morgan fingerprint density at radius 3 is 2.33 bits per heavy atom. The molecule has 4 rings (SSSR count). The Kier molecular flexibility index (Phi) is 8.19. The summed E-state index contributed by atoms with van der Waals surface area (Å²) in [6, 6.07) is 21.7. The van der Waals surface area contributed by atoms with Gasteiger partial charge in [-0.25, -0.2) is 0 Å². The molecule has 170 valence electrons.